The molecule has 3 aromatic rings. The van der Waals surface area contributed by atoms with Gasteiger partial charge in [-0.15, -0.1) is 5.10 Å². The lowest BCUT2D eigenvalue weighted by Crippen LogP contribution is -2.14. The van der Waals surface area contributed by atoms with Gasteiger partial charge in [-0.3, -0.25) is 10.1 Å². The molecule has 9 nitrogen and oxygen atoms in total. The number of amides is 1. The van der Waals surface area contributed by atoms with E-state index in [2.05, 4.69) is 15.5 Å². The Morgan fingerprint density at radius 3 is 1.83 bits per heavy atom. The molecule has 1 N–H and O–H groups in total. The largest absolute Gasteiger partial charge is 0.407 e. The number of carbonyl (C=O) groups excluding carboxylic acids is 1. The van der Waals surface area contributed by atoms with Gasteiger partial charge in [0.1, 0.15) is 0 Å². The summed E-state index contributed by atoms with van der Waals surface area (Å²) >= 11 is 0. The predicted octanol–water partition coefficient (Wildman–Crippen LogP) is 1.65. The summed E-state index contributed by atoms with van der Waals surface area (Å²) in [5.74, 6) is -0.135. The first-order chi connectivity index (χ1) is 14.0. The third-order valence-electron chi connectivity index (χ3n) is 4.14. The van der Waals surface area contributed by atoms with E-state index in [1.54, 1.807) is 24.3 Å². The van der Waals surface area contributed by atoms with E-state index in [9.17, 15) is 21.6 Å². The van der Waals surface area contributed by atoms with Crippen LogP contribution in [0.15, 0.2) is 62.7 Å². The Hall–Kier alpha value is -3.05. The van der Waals surface area contributed by atoms with Crippen molar-refractivity contribution in [2.24, 2.45) is 0 Å². The average molecular weight is 450 g/mol. The first-order valence-electron chi connectivity index (χ1n) is 8.71. The van der Waals surface area contributed by atoms with E-state index in [0.29, 0.717) is 5.56 Å². The maximum Gasteiger partial charge on any atom is 0.322 e. The van der Waals surface area contributed by atoms with E-state index in [-0.39, 0.29) is 34.5 Å². The zero-order chi connectivity index (χ0) is 21.9. The van der Waals surface area contributed by atoms with Crippen LogP contribution >= 0.6 is 0 Å². The van der Waals surface area contributed by atoms with E-state index < -0.39 is 25.6 Å². The normalized spacial score (nSPS) is 11.9. The Bertz CT molecular complexity index is 1260. The molecule has 0 saturated carbocycles. The molecule has 1 aromatic heterocycles. The molecule has 0 saturated heterocycles. The fourth-order valence-corrected chi connectivity index (χ4v) is 3.87. The average Bonchev–Trinajstić information content (AvgIpc) is 3.07. The van der Waals surface area contributed by atoms with Gasteiger partial charge in [0.05, 0.1) is 22.6 Å². The first kappa shape index (κ1) is 21.7. The smallest absolute Gasteiger partial charge is 0.322 e. The Kier molecular flexibility index (Phi) is 6.04. The number of nitrogens with one attached hydrogen (secondary N) is 1. The van der Waals surface area contributed by atoms with Crippen molar-refractivity contribution in [3.63, 3.8) is 0 Å². The van der Waals surface area contributed by atoms with Crippen LogP contribution in [0, 0.1) is 0 Å². The van der Waals surface area contributed by atoms with Crippen molar-refractivity contribution in [2.45, 2.75) is 22.6 Å². The van der Waals surface area contributed by atoms with Gasteiger partial charge in [0.2, 0.25) is 11.8 Å². The van der Waals surface area contributed by atoms with E-state index in [1.165, 1.54) is 24.3 Å². The standard InChI is InChI=1S/C19H19N3O6S2/c1-29(24,25)15-7-3-13(4-8-15)11-17(23)20-19-22-21-18(28-19)12-14-5-9-16(10-6-14)30(2,26)27/h3-10H,11-12H2,1-2H3,(H,20,22,23). The lowest BCUT2D eigenvalue weighted by atomic mass is 10.1. The van der Waals surface area contributed by atoms with Crippen LogP contribution in [0.5, 0.6) is 0 Å². The Morgan fingerprint density at radius 2 is 1.33 bits per heavy atom. The summed E-state index contributed by atoms with van der Waals surface area (Å²) in [7, 11) is -6.56. The number of hydrogen-bond acceptors (Lipinski definition) is 8. The lowest BCUT2D eigenvalue weighted by Gasteiger charge is -2.03. The summed E-state index contributed by atoms with van der Waals surface area (Å²) in [6, 6.07) is 12.3. The molecule has 0 aliphatic carbocycles. The minimum atomic E-state index is -3.29. The zero-order valence-corrected chi connectivity index (χ0v) is 17.8. The van der Waals surface area contributed by atoms with Gasteiger partial charge in [0.15, 0.2) is 19.7 Å². The fraction of sp³-hybridized carbons (Fsp3) is 0.211. The minimum absolute atomic E-state index is 0.00864. The van der Waals surface area contributed by atoms with Crippen molar-refractivity contribution in [3.05, 3.63) is 65.5 Å². The molecule has 0 bridgehead atoms. The molecule has 1 heterocycles. The molecule has 0 spiro atoms. The van der Waals surface area contributed by atoms with E-state index >= 15 is 0 Å². The highest BCUT2D eigenvalue weighted by Crippen LogP contribution is 2.15. The monoisotopic (exact) mass is 449 g/mol. The Balaban J connectivity index is 1.59. The molecule has 158 valence electrons. The zero-order valence-electron chi connectivity index (χ0n) is 16.2. The van der Waals surface area contributed by atoms with Gasteiger partial charge in [0, 0.05) is 12.5 Å². The number of sulfone groups is 2. The fourth-order valence-electron chi connectivity index (χ4n) is 2.61. The number of rotatable bonds is 7. The summed E-state index contributed by atoms with van der Waals surface area (Å²) in [5, 5.41) is 10.1. The lowest BCUT2D eigenvalue weighted by molar-refractivity contribution is -0.115. The number of nitrogens with zero attached hydrogens (tertiary/aromatic N) is 2. The van der Waals surface area contributed by atoms with Crippen molar-refractivity contribution in [1.29, 1.82) is 0 Å². The Morgan fingerprint density at radius 1 is 0.833 bits per heavy atom. The van der Waals surface area contributed by atoms with Crippen LogP contribution in [0.4, 0.5) is 6.01 Å². The van der Waals surface area contributed by atoms with Crippen LogP contribution in [0.25, 0.3) is 0 Å². The molecule has 2 aromatic carbocycles. The SMILES string of the molecule is CS(=O)(=O)c1ccc(CC(=O)Nc2nnc(Cc3ccc(S(C)(=O)=O)cc3)o2)cc1. The van der Waals surface area contributed by atoms with Gasteiger partial charge < -0.3 is 4.42 Å². The summed E-state index contributed by atoms with van der Waals surface area (Å²) in [6.45, 7) is 0. The van der Waals surface area contributed by atoms with Crippen molar-refractivity contribution in [2.75, 3.05) is 17.8 Å². The maximum absolute atomic E-state index is 12.1. The van der Waals surface area contributed by atoms with Crippen LogP contribution < -0.4 is 5.32 Å². The number of hydrogen-bond donors (Lipinski definition) is 1. The second-order valence-electron chi connectivity index (χ2n) is 6.73. The highest BCUT2D eigenvalue weighted by Gasteiger charge is 2.13. The molecule has 0 atom stereocenters. The molecule has 1 amide bonds. The molecule has 11 heteroatoms. The minimum Gasteiger partial charge on any atom is -0.407 e. The number of carbonyl (C=O) groups is 1. The predicted molar refractivity (Wildman–Crippen MR) is 109 cm³/mol. The van der Waals surface area contributed by atoms with E-state index in [1.807, 2.05) is 0 Å². The van der Waals surface area contributed by atoms with Crippen LogP contribution in [-0.4, -0.2) is 45.5 Å². The first-order valence-corrected chi connectivity index (χ1v) is 12.5. The molecule has 0 aliphatic rings. The van der Waals surface area contributed by atoms with Gasteiger partial charge >= 0.3 is 6.01 Å². The van der Waals surface area contributed by atoms with Crippen molar-refractivity contribution in [3.8, 4) is 0 Å². The molecule has 0 unspecified atom stereocenters. The summed E-state index contributed by atoms with van der Waals surface area (Å²) in [5.41, 5.74) is 1.40. The molecule has 0 aliphatic heterocycles. The number of anilines is 1. The second kappa shape index (κ2) is 8.36. The second-order valence-corrected chi connectivity index (χ2v) is 10.8. The quantitative estimate of drug-likeness (QED) is 0.575. The van der Waals surface area contributed by atoms with Gasteiger partial charge in [-0.05, 0) is 35.4 Å². The van der Waals surface area contributed by atoms with Crippen LogP contribution in [0.1, 0.15) is 17.0 Å². The molecule has 0 fully saturated rings. The van der Waals surface area contributed by atoms with Crippen molar-refractivity contribution >= 4 is 31.6 Å². The topological polar surface area (TPSA) is 136 Å². The van der Waals surface area contributed by atoms with Crippen molar-refractivity contribution in [1.82, 2.24) is 10.2 Å². The highest BCUT2D eigenvalue weighted by molar-refractivity contribution is 7.91. The van der Waals surface area contributed by atoms with Gasteiger partial charge in [-0.1, -0.05) is 29.4 Å². The van der Waals surface area contributed by atoms with Crippen LogP contribution in [0.2, 0.25) is 0 Å². The van der Waals surface area contributed by atoms with Crippen LogP contribution in [-0.2, 0) is 37.3 Å². The molecule has 30 heavy (non-hydrogen) atoms. The highest BCUT2D eigenvalue weighted by atomic mass is 32.2. The van der Waals surface area contributed by atoms with E-state index in [4.69, 9.17) is 4.42 Å². The summed E-state index contributed by atoms with van der Waals surface area (Å²) < 4.78 is 51.3. The number of benzene rings is 2. The van der Waals surface area contributed by atoms with Crippen molar-refractivity contribution < 1.29 is 26.0 Å². The molecular formula is C19H19N3O6S2. The third-order valence-corrected chi connectivity index (χ3v) is 6.39. The molecular weight excluding hydrogens is 430 g/mol. The summed E-state index contributed by atoms with van der Waals surface area (Å²) in [6.07, 6.45) is 2.53. The van der Waals surface area contributed by atoms with Gasteiger partial charge in [-0.25, -0.2) is 16.8 Å². The maximum atomic E-state index is 12.1. The van der Waals surface area contributed by atoms with Gasteiger partial charge in [-0.2, -0.15) is 0 Å². The summed E-state index contributed by atoms with van der Waals surface area (Å²) in [4.78, 5) is 12.5. The molecule has 3 rings (SSSR count). The van der Waals surface area contributed by atoms with Gasteiger partial charge in [0.25, 0.3) is 0 Å². The van der Waals surface area contributed by atoms with Crippen LogP contribution in [0.3, 0.4) is 0 Å². The molecule has 0 radical (unpaired) electrons. The van der Waals surface area contributed by atoms with E-state index in [0.717, 1.165) is 18.1 Å². The number of aromatic nitrogens is 2. The Labute approximate surface area is 174 Å². The third kappa shape index (κ3) is 5.74.